The average molecular weight is 257 g/mol. The lowest BCUT2D eigenvalue weighted by atomic mass is 9.99. The summed E-state index contributed by atoms with van der Waals surface area (Å²) in [6.45, 7) is 0.899. The van der Waals surface area contributed by atoms with Crippen molar-refractivity contribution in [3.8, 4) is 0 Å². The number of aliphatic hydroxyl groups excluding tert-OH is 1. The molecule has 104 valence electrons. The lowest BCUT2D eigenvalue weighted by molar-refractivity contribution is -0.138. The number of hydrogen-bond acceptors (Lipinski definition) is 3. The molecular formula is C13H23NO4. The van der Waals surface area contributed by atoms with Crippen molar-refractivity contribution >= 4 is 11.9 Å². The van der Waals surface area contributed by atoms with E-state index in [2.05, 4.69) is 0 Å². The Hall–Kier alpha value is -1.10. The van der Waals surface area contributed by atoms with E-state index in [1.807, 2.05) is 4.90 Å². The molecule has 18 heavy (non-hydrogen) atoms. The second-order valence-corrected chi connectivity index (χ2v) is 4.85. The van der Waals surface area contributed by atoms with Gasteiger partial charge in [-0.1, -0.05) is 0 Å². The fourth-order valence-corrected chi connectivity index (χ4v) is 2.47. The maximum atomic E-state index is 12.0. The fourth-order valence-electron chi connectivity index (χ4n) is 2.47. The Morgan fingerprint density at radius 3 is 2.56 bits per heavy atom. The van der Waals surface area contributed by atoms with Gasteiger partial charge in [-0.2, -0.15) is 0 Å². The summed E-state index contributed by atoms with van der Waals surface area (Å²) in [6.07, 6.45) is 5.52. The summed E-state index contributed by atoms with van der Waals surface area (Å²) < 4.78 is 0. The summed E-state index contributed by atoms with van der Waals surface area (Å²) in [5, 5.41) is 17.5. The van der Waals surface area contributed by atoms with Crippen LogP contribution in [0.5, 0.6) is 0 Å². The lowest BCUT2D eigenvalue weighted by Gasteiger charge is -2.35. The van der Waals surface area contributed by atoms with Crippen molar-refractivity contribution in [2.24, 2.45) is 0 Å². The number of nitrogens with zero attached hydrogens (tertiary/aromatic N) is 1. The predicted molar refractivity (Wildman–Crippen MR) is 67.2 cm³/mol. The smallest absolute Gasteiger partial charge is 0.303 e. The molecule has 0 bridgehead atoms. The summed E-state index contributed by atoms with van der Waals surface area (Å²) in [7, 11) is 0. The van der Waals surface area contributed by atoms with Crippen LogP contribution < -0.4 is 0 Å². The highest BCUT2D eigenvalue weighted by molar-refractivity contribution is 5.76. The van der Waals surface area contributed by atoms with Crippen molar-refractivity contribution in [2.45, 2.75) is 57.4 Å². The second kappa shape index (κ2) is 8.08. The monoisotopic (exact) mass is 257 g/mol. The standard InChI is InChI=1S/C13H23NO4/c15-10-8-11-5-3-4-9-14(11)12(16)6-1-2-7-13(17)18/h11,15H,1-10H2,(H,17,18). The van der Waals surface area contributed by atoms with Crippen LogP contribution >= 0.6 is 0 Å². The van der Waals surface area contributed by atoms with Crippen molar-refractivity contribution in [2.75, 3.05) is 13.2 Å². The van der Waals surface area contributed by atoms with Crippen molar-refractivity contribution in [1.82, 2.24) is 4.90 Å². The Morgan fingerprint density at radius 2 is 1.89 bits per heavy atom. The summed E-state index contributed by atoms with van der Waals surface area (Å²) in [4.78, 5) is 24.3. The van der Waals surface area contributed by atoms with E-state index >= 15 is 0 Å². The molecule has 1 aliphatic heterocycles. The van der Waals surface area contributed by atoms with Crippen molar-refractivity contribution in [1.29, 1.82) is 0 Å². The van der Waals surface area contributed by atoms with Gasteiger partial charge >= 0.3 is 5.97 Å². The Kier molecular flexibility index (Phi) is 6.72. The van der Waals surface area contributed by atoms with Gasteiger partial charge in [0.2, 0.25) is 5.91 Å². The van der Waals surface area contributed by atoms with E-state index in [1.165, 1.54) is 0 Å². The first-order valence-electron chi connectivity index (χ1n) is 6.77. The lowest BCUT2D eigenvalue weighted by Crippen LogP contribution is -2.44. The number of aliphatic hydroxyl groups is 1. The van der Waals surface area contributed by atoms with Crippen LogP contribution in [0.2, 0.25) is 0 Å². The van der Waals surface area contributed by atoms with Crippen LogP contribution in [0.15, 0.2) is 0 Å². The largest absolute Gasteiger partial charge is 0.481 e. The van der Waals surface area contributed by atoms with Gasteiger partial charge in [0.1, 0.15) is 0 Å². The van der Waals surface area contributed by atoms with Gasteiger partial charge in [0.15, 0.2) is 0 Å². The zero-order valence-electron chi connectivity index (χ0n) is 10.8. The number of hydrogen-bond donors (Lipinski definition) is 2. The number of rotatable bonds is 7. The van der Waals surface area contributed by atoms with Gasteiger partial charge in [-0.05, 0) is 38.5 Å². The number of carboxylic acids is 1. The molecule has 5 heteroatoms. The minimum absolute atomic E-state index is 0.110. The van der Waals surface area contributed by atoms with Crippen LogP contribution in [0.4, 0.5) is 0 Å². The normalized spacial score (nSPS) is 19.8. The molecule has 0 radical (unpaired) electrons. The number of amides is 1. The number of piperidine rings is 1. The summed E-state index contributed by atoms with van der Waals surface area (Å²) in [5.74, 6) is -0.697. The second-order valence-electron chi connectivity index (χ2n) is 4.85. The molecule has 5 nitrogen and oxygen atoms in total. The number of carbonyl (C=O) groups is 2. The van der Waals surface area contributed by atoms with Gasteiger partial charge in [0, 0.05) is 32.0 Å². The maximum Gasteiger partial charge on any atom is 0.303 e. The van der Waals surface area contributed by atoms with E-state index in [9.17, 15) is 9.59 Å². The van der Waals surface area contributed by atoms with Crippen molar-refractivity contribution in [3.05, 3.63) is 0 Å². The highest BCUT2D eigenvalue weighted by atomic mass is 16.4. The number of aliphatic carboxylic acids is 1. The van der Waals surface area contributed by atoms with E-state index in [-0.39, 0.29) is 25.0 Å². The molecule has 1 aliphatic rings. The highest BCUT2D eigenvalue weighted by Crippen LogP contribution is 2.20. The van der Waals surface area contributed by atoms with Gasteiger partial charge in [-0.3, -0.25) is 9.59 Å². The molecule has 1 unspecified atom stereocenters. The Morgan fingerprint density at radius 1 is 1.17 bits per heavy atom. The first-order valence-corrected chi connectivity index (χ1v) is 6.77. The Balaban J connectivity index is 2.31. The van der Waals surface area contributed by atoms with Gasteiger partial charge in [0.25, 0.3) is 0 Å². The van der Waals surface area contributed by atoms with Crippen LogP contribution in [0.1, 0.15) is 51.4 Å². The molecule has 1 fully saturated rings. The highest BCUT2D eigenvalue weighted by Gasteiger charge is 2.25. The molecular weight excluding hydrogens is 234 g/mol. The Bertz CT molecular complexity index is 278. The molecule has 0 saturated carbocycles. The molecule has 0 aromatic heterocycles. The van der Waals surface area contributed by atoms with Gasteiger partial charge in [0.05, 0.1) is 0 Å². The number of carboxylic acid groups (broad SMARTS) is 1. The summed E-state index contributed by atoms with van der Waals surface area (Å²) in [5.41, 5.74) is 0. The van der Waals surface area contributed by atoms with Crippen LogP contribution in [0.3, 0.4) is 0 Å². The molecule has 1 atom stereocenters. The van der Waals surface area contributed by atoms with Crippen molar-refractivity contribution in [3.63, 3.8) is 0 Å². The number of unbranched alkanes of at least 4 members (excludes halogenated alkanes) is 1. The van der Waals surface area contributed by atoms with Gasteiger partial charge in [-0.25, -0.2) is 0 Å². The van der Waals surface area contributed by atoms with E-state index in [4.69, 9.17) is 10.2 Å². The van der Waals surface area contributed by atoms with Gasteiger partial charge in [-0.15, -0.1) is 0 Å². The number of likely N-dealkylation sites (tertiary alicyclic amines) is 1. The fraction of sp³-hybridized carbons (Fsp3) is 0.846. The third kappa shape index (κ3) is 5.04. The third-order valence-electron chi connectivity index (χ3n) is 3.44. The summed E-state index contributed by atoms with van der Waals surface area (Å²) in [6, 6.07) is 0.177. The van der Waals surface area contributed by atoms with Crippen LogP contribution in [0.25, 0.3) is 0 Å². The Labute approximate surface area is 108 Å². The first-order chi connectivity index (χ1) is 8.65. The first kappa shape index (κ1) is 15.0. The molecule has 0 aromatic carbocycles. The topological polar surface area (TPSA) is 77.8 Å². The molecule has 0 aromatic rings. The zero-order valence-corrected chi connectivity index (χ0v) is 10.8. The minimum atomic E-state index is -0.807. The molecule has 1 amide bonds. The molecule has 1 saturated heterocycles. The van der Waals surface area contributed by atoms with Crippen LogP contribution in [0, 0.1) is 0 Å². The van der Waals surface area contributed by atoms with E-state index in [0.29, 0.717) is 25.7 Å². The molecule has 0 aliphatic carbocycles. The number of carbonyl (C=O) groups excluding carboxylic acids is 1. The van der Waals surface area contributed by atoms with Crippen molar-refractivity contribution < 1.29 is 19.8 Å². The van der Waals surface area contributed by atoms with Crippen LogP contribution in [-0.4, -0.2) is 46.2 Å². The third-order valence-corrected chi connectivity index (χ3v) is 3.44. The SMILES string of the molecule is O=C(O)CCCCC(=O)N1CCCCC1CCO. The van der Waals surface area contributed by atoms with E-state index in [1.54, 1.807) is 0 Å². The molecule has 1 rings (SSSR count). The van der Waals surface area contributed by atoms with Gasteiger partial charge < -0.3 is 15.1 Å². The molecule has 2 N–H and O–H groups in total. The van der Waals surface area contributed by atoms with E-state index < -0.39 is 5.97 Å². The molecule has 1 heterocycles. The maximum absolute atomic E-state index is 12.0. The van der Waals surface area contributed by atoms with Crippen LogP contribution in [-0.2, 0) is 9.59 Å². The summed E-state index contributed by atoms with van der Waals surface area (Å²) >= 11 is 0. The average Bonchev–Trinajstić information content (AvgIpc) is 2.35. The predicted octanol–water partition coefficient (Wildman–Crippen LogP) is 1.39. The minimum Gasteiger partial charge on any atom is -0.481 e. The van der Waals surface area contributed by atoms with E-state index in [0.717, 1.165) is 25.8 Å². The molecule has 0 spiro atoms. The zero-order chi connectivity index (χ0) is 13.4. The quantitative estimate of drug-likeness (QED) is 0.676.